The molecule has 4 heteroatoms. The smallest absolute Gasteiger partial charge is 0.164 e. The van der Waals surface area contributed by atoms with Gasteiger partial charge in [-0.3, -0.25) is 0 Å². The van der Waals surface area contributed by atoms with E-state index in [-0.39, 0.29) is 0 Å². The van der Waals surface area contributed by atoms with Crippen LogP contribution in [0.2, 0.25) is 0 Å². The molecule has 1 aromatic heterocycles. The molecule has 0 aliphatic carbocycles. The van der Waals surface area contributed by atoms with E-state index in [0.29, 0.717) is 5.82 Å². The molecule has 1 unspecified atom stereocenters. The van der Waals surface area contributed by atoms with Crippen molar-refractivity contribution in [1.29, 1.82) is 0 Å². The second kappa shape index (κ2) is 4.06. The van der Waals surface area contributed by atoms with Gasteiger partial charge in [0.05, 0.1) is 5.69 Å². The first-order chi connectivity index (χ1) is 7.33. The molecular formula is C11H11N3O. The summed E-state index contributed by atoms with van der Waals surface area (Å²) in [7, 11) is 0. The lowest BCUT2D eigenvalue weighted by Crippen LogP contribution is -2.06. The number of benzene rings is 1. The van der Waals surface area contributed by atoms with Crippen molar-refractivity contribution in [2.75, 3.05) is 0 Å². The highest BCUT2D eigenvalue weighted by Crippen LogP contribution is 2.14. The number of aromatic nitrogens is 3. The summed E-state index contributed by atoms with van der Waals surface area (Å²) in [4.78, 5) is 3.99. The highest BCUT2D eigenvalue weighted by atomic mass is 16.3. The average Bonchev–Trinajstić information content (AvgIpc) is 2.78. The molecule has 2 aromatic rings. The zero-order valence-corrected chi connectivity index (χ0v) is 8.11. The minimum absolute atomic E-state index is 0.469. The van der Waals surface area contributed by atoms with Crippen molar-refractivity contribution >= 4 is 0 Å². The second-order valence-corrected chi connectivity index (χ2v) is 3.05. The van der Waals surface area contributed by atoms with Gasteiger partial charge in [-0.15, -0.1) is 6.58 Å². The number of nitrogens with zero attached hydrogens (tertiary/aromatic N) is 3. The van der Waals surface area contributed by atoms with Crippen LogP contribution >= 0.6 is 0 Å². The topological polar surface area (TPSA) is 50.9 Å². The van der Waals surface area contributed by atoms with Crippen LogP contribution in [0.1, 0.15) is 11.9 Å². The molecule has 0 radical (unpaired) electrons. The van der Waals surface area contributed by atoms with Gasteiger partial charge in [0.2, 0.25) is 0 Å². The Kier molecular flexibility index (Phi) is 2.60. The van der Waals surface area contributed by atoms with E-state index in [0.717, 1.165) is 5.69 Å². The lowest BCUT2D eigenvalue weighted by atomic mass is 10.3. The fraction of sp³-hybridized carbons (Fsp3) is 0.0909. The molecule has 0 bridgehead atoms. The number of aliphatic hydroxyl groups excluding tert-OH is 1. The van der Waals surface area contributed by atoms with Gasteiger partial charge < -0.3 is 5.11 Å². The van der Waals surface area contributed by atoms with E-state index in [1.165, 1.54) is 12.4 Å². The van der Waals surface area contributed by atoms with Gasteiger partial charge in [-0.2, -0.15) is 5.10 Å². The van der Waals surface area contributed by atoms with Crippen molar-refractivity contribution in [3.8, 4) is 5.69 Å². The summed E-state index contributed by atoms with van der Waals surface area (Å²) in [5, 5.41) is 13.7. The van der Waals surface area contributed by atoms with Gasteiger partial charge >= 0.3 is 0 Å². The Morgan fingerprint density at radius 1 is 1.33 bits per heavy atom. The second-order valence-electron chi connectivity index (χ2n) is 3.05. The number of hydrogen-bond donors (Lipinski definition) is 1. The standard InChI is InChI=1S/C11H11N3O/c1-2-10(15)11-12-8-13-14(11)9-6-4-3-5-7-9/h2-8,10,15H,1H2. The fourth-order valence-corrected chi connectivity index (χ4v) is 1.33. The summed E-state index contributed by atoms with van der Waals surface area (Å²) in [5.74, 6) is 0.469. The SMILES string of the molecule is C=CC(O)c1ncnn1-c1ccccc1. The largest absolute Gasteiger partial charge is 0.381 e. The molecule has 15 heavy (non-hydrogen) atoms. The molecule has 4 nitrogen and oxygen atoms in total. The van der Waals surface area contributed by atoms with Gasteiger partial charge in [-0.1, -0.05) is 24.3 Å². The zero-order chi connectivity index (χ0) is 10.7. The summed E-state index contributed by atoms with van der Waals surface area (Å²) in [6.07, 6.45) is 2.03. The number of aliphatic hydroxyl groups is 1. The summed E-state index contributed by atoms with van der Waals surface area (Å²) in [6.45, 7) is 3.52. The van der Waals surface area contributed by atoms with Gasteiger partial charge in [0.1, 0.15) is 12.4 Å². The predicted octanol–water partition coefficient (Wildman–Crippen LogP) is 1.49. The molecule has 2 rings (SSSR count). The maximum absolute atomic E-state index is 9.62. The van der Waals surface area contributed by atoms with Gasteiger partial charge in [0, 0.05) is 0 Å². The van der Waals surface area contributed by atoms with Crippen molar-refractivity contribution in [2.24, 2.45) is 0 Å². The molecule has 0 aliphatic heterocycles. The van der Waals surface area contributed by atoms with Crippen LogP contribution in [0.3, 0.4) is 0 Å². The maximum atomic E-state index is 9.62. The Bertz CT molecular complexity index is 450. The van der Waals surface area contributed by atoms with E-state index < -0.39 is 6.10 Å². The molecule has 0 fully saturated rings. The molecular weight excluding hydrogens is 190 g/mol. The van der Waals surface area contributed by atoms with Crippen molar-refractivity contribution in [1.82, 2.24) is 14.8 Å². The highest BCUT2D eigenvalue weighted by molar-refractivity contribution is 5.31. The van der Waals surface area contributed by atoms with Crippen LogP contribution < -0.4 is 0 Å². The first kappa shape index (κ1) is 9.61. The number of hydrogen-bond acceptors (Lipinski definition) is 3. The van der Waals surface area contributed by atoms with E-state index in [2.05, 4.69) is 16.7 Å². The Balaban J connectivity index is 2.46. The normalized spacial score (nSPS) is 12.3. The van der Waals surface area contributed by atoms with E-state index in [9.17, 15) is 5.11 Å². The lowest BCUT2D eigenvalue weighted by Gasteiger charge is -2.07. The third-order valence-corrected chi connectivity index (χ3v) is 2.06. The quantitative estimate of drug-likeness (QED) is 0.765. The van der Waals surface area contributed by atoms with E-state index in [4.69, 9.17) is 0 Å². The van der Waals surface area contributed by atoms with E-state index >= 15 is 0 Å². The Hall–Kier alpha value is -1.94. The Labute approximate surface area is 87.5 Å². The van der Waals surface area contributed by atoms with Crippen molar-refractivity contribution in [3.05, 3.63) is 55.1 Å². The third kappa shape index (κ3) is 1.80. The summed E-state index contributed by atoms with van der Waals surface area (Å²) in [6, 6.07) is 9.52. The van der Waals surface area contributed by atoms with Crippen molar-refractivity contribution in [2.45, 2.75) is 6.10 Å². The van der Waals surface area contributed by atoms with Crippen LogP contribution in [0.25, 0.3) is 5.69 Å². The van der Waals surface area contributed by atoms with Crippen LogP contribution in [-0.2, 0) is 0 Å². The fourth-order valence-electron chi connectivity index (χ4n) is 1.33. The molecule has 0 amide bonds. The Morgan fingerprint density at radius 2 is 2.07 bits per heavy atom. The maximum Gasteiger partial charge on any atom is 0.164 e. The Morgan fingerprint density at radius 3 is 2.73 bits per heavy atom. The summed E-state index contributed by atoms with van der Waals surface area (Å²) >= 11 is 0. The monoisotopic (exact) mass is 201 g/mol. The van der Waals surface area contributed by atoms with Crippen LogP contribution in [0, 0.1) is 0 Å². The molecule has 0 saturated heterocycles. The molecule has 1 aromatic carbocycles. The van der Waals surface area contributed by atoms with Crippen LogP contribution in [0.5, 0.6) is 0 Å². The predicted molar refractivity (Wildman–Crippen MR) is 56.5 cm³/mol. The van der Waals surface area contributed by atoms with Gasteiger partial charge in [0.15, 0.2) is 5.82 Å². The number of rotatable bonds is 3. The number of para-hydroxylation sites is 1. The van der Waals surface area contributed by atoms with Crippen LogP contribution in [-0.4, -0.2) is 19.9 Å². The highest BCUT2D eigenvalue weighted by Gasteiger charge is 2.12. The first-order valence-electron chi connectivity index (χ1n) is 4.59. The average molecular weight is 201 g/mol. The molecule has 0 saturated carbocycles. The van der Waals surface area contributed by atoms with Crippen LogP contribution in [0.4, 0.5) is 0 Å². The zero-order valence-electron chi connectivity index (χ0n) is 8.11. The lowest BCUT2D eigenvalue weighted by molar-refractivity contribution is 0.215. The minimum atomic E-state index is -0.798. The van der Waals surface area contributed by atoms with Crippen LogP contribution in [0.15, 0.2) is 49.3 Å². The summed E-state index contributed by atoms with van der Waals surface area (Å²) in [5.41, 5.74) is 0.867. The van der Waals surface area contributed by atoms with Crippen molar-refractivity contribution < 1.29 is 5.11 Å². The molecule has 1 atom stereocenters. The first-order valence-corrected chi connectivity index (χ1v) is 4.59. The van der Waals surface area contributed by atoms with E-state index in [1.807, 2.05) is 30.3 Å². The minimum Gasteiger partial charge on any atom is -0.381 e. The molecule has 0 spiro atoms. The van der Waals surface area contributed by atoms with Gasteiger partial charge in [0.25, 0.3) is 0 Å². The third-order valence-electron chi connectivity index (χ3n) is 2.06. The van der Waals surface area contributed by atoms with Gasteiger partial charge in [-0.05, 0) is 12.1 Å². The van der Waals surface area contributed by atoms with Crippen molar-refractivity contribution in [3.63, 3.8) is 0 Å². The molecule has 0 aliphatic rings. The molecule has 1 heterocycles. The summed E-state index contributed by atoms with van der Waals surface area (Å²) < 4.78 is 1.59. The van der Waals surface area contributed by atoms with E-state index in [1.54, 1.807) is 4.68 Å². The molecule has 1 N–H and O–H groups in total. The van der Waals surface area contributed by atoms with Gasteiger partial charge in [-0.25, -0.2) is 9.67 Å². The molecule has 76 valence electrons.